The van der Waals surface area contributed by atoms with E-state index in [0.29, 0.717) is 0 Å². The molecule has 2 nitrogen and oxygen atoms in total. The molecule has 27 heavy (non-hydrogen) atoms. The summed E-state index contributed by atoms with van der Waals surface area (Å²) in [5.41, 5.74) is 0. The first-order chi connectivity index (χ1) is 12.4. The van der Waals surface area contributed by atoms with Crippen LogP contribution < -0.4 is 0 Å². The summed E-state index contributed by atoms with van der Waals surface area (Å²) in [5.74, 6) is -4.83. The van der Waals surface area contributed by atoms with Gasteiger partial charge in [0, 0.05) is 24.8 Å². The van der Waals surface area contributed by atoms with Gasteiger partial charge in [-0.3, -0.25) is 0 Å². The summed E-state index contributed by atoms with van der Waals surface area (Å²) in [6.07, 6.45) is 15.9. The number of rotatable bonds is 2. The minimum atomic E-state index is -1.86. The maximum absolute atomic E-state index is 13.9. The molecule has 7 heteroatoms. The monoisotopic (exact) mass is 408 g/mol. The van der Waals surface area contributed by atoms with Crippen LogP contribution in [0.2, 0.25) is 0 Å². The standard InChI is InChI=1S/2C10H8F2N.Ti/c2*11-9-4-3-5-10(12,8-9)13-6-1-2-7-13;/h2*1-8H;/q2*-1;+2. The summed E-state index contributed by atoms with van der Waals surface area (Å²) in [4.78, 5) is 0. The summed E-state index contributed by atoms with van der Waals surface area (Å²) < 4.78 is 56.0. The molecular weight excluding hydrogens is 392 g/mol. The number of hydrogen-bond donors (Lipinski definition) is 0. The molecule has 2 unspecified atom stereocenters. The first kappa shape index (κ1) is 21.0. The van der Waals surface area contributed by atoms with E-state index in [1.807, 2.05) is 0 Å². The van der Waals surface area contributed by atoms with E-state index >= 15 is 0 Å². The first-order valence-corrected chi connectivity index (χ1v) is 7.88. The van der Waals surface area contributed by atoms with Crippen LogP contribution in [-0.4, -0.2) is 9.13 Å². The minimum absolute atomic E-state index is 0. The van der Waals surface area contributed by atoms with Crippen LogP contribution in [0.3, 0.4) is 0 Å². The topological polar surface area (TPSA) is 9.86 Å². The smallest absolute Gasteiger partial charge is 0.329 e. The van der Waals surface area contributed by atoms with Crippen LogP contribution in [0.25, 0.3) is 0 Å². The fourth-order valence-corrected chi connectivity index (χ4v) is 2.58. The zero-order valence-electron chi connectivity index (χ0n) is 14.1. The number of hydrogen-bond acceptors (Lipinski definition) is 0. The Morgan fingerprint density at radius 3 is 1.30 bits per heavy atom. The number of nitrogens with zero attached hydrogens (tertiary/aromatic N) is 2. The van der Waals surface area contributed by atoms with Gasteiger partial charge < -0.3 is 9.13 Å². The van der Waals surface area contributed by atoms with Crippen LogP contribution in [-0.2, 0) is 33.3 Å². The molecule has 4 rings (SSSR count). The SMILES string of the molecule is FC1=CC=CC(F)(n2cccc2)[CH-]1.FC1=CC=CC(F)(n2cccc2)[CH-]1.[Ti+2]. The average Bonchev–Trinajstić information content (AvgIpc) is 3.30. The minimum Gasteiger partial charge on any atom is -0.329 e. The van der Waals surface area contributed by atoms with Crippen molar-refractivity contribution in [3.8, 4) is 0 Å². The Labute approximate surface area is 170 Å². The molecule has 0 saturated heterocycles. The van der Waals surface area contributed by atoms with Crippen LogP contribution in [0.15, 0.2) is 97.2 Å². The molecule has 2 aliphatic carbocycles. The van der Waals surface area contributed by atoms with Crippen LogP contribution in [0.5, 0.6) is 0 Å². The molecule has 0 radical (unpaired) electrons. The molecule has 0 saturated carbocycles. The summed E-state index contributed by atoms with van der Waals surface area (Å²) >= 11 is 0. The van der Waals surface area contributed by atoms with Crippen molar-refractivity contribution in [2.45, 2.75) is 11.6 Å². The normalized spacial score (nSPS) is 25.8. The van der Waals surface area contributed by atoms with Crippen LogP contribution in [0.1, 0.15) is 0 Å². The number of allylic oxidation sites excluding steroid dienone is 8. The van der Waals surface area contributed by atoms with E-state index in [1.54, 1.807) is 49.1 Å². The summed E-state index contributed by atoms with van der Waals surface area (Å²) in [7, 11) is 0. The van der Waals surface area contributed by atoms with E-state index in [4.69, 9.17) is 0 Å². The molecule has 0 spiro atoms. The largest absolute Gasteiger partial charge is 2.00 e. The van der Waals surface area contributed by atoms with Crippen molar-refractivity contribution in [1.82, 2.24) is 9.13 Å². The molecule has 0 aliphatic heterocycles. The molecular formula is C20H16F4N2Ti. The second-order valence-electron chi connectivity index (χ2n) is 5.75. The van der Waals surface area contributed by atoms with E-state index in [-0.39, 0.29) is 21.7 Å². The predicted molar refractivity (Wildman–Crippen MR) is 92.3 cm³/mol. The fraction of sp³-hybridized carbons (Fsp3) is 0.100. The van der Waals surface area contributed by atoms with Gasteiger partial charge in [0.1, 0.15) is 0 Å². The van der Waals surface area contributed by atoms with E-state index in [0.717, 1.165) is 12.8 Å². The molecule has 2 atom stereocenters. The van der Waals surface area contributed by atoms with Gasteiger partial charge in [0.2, 0.25) is 0 Å². The molecule has 2 aliphatic rings. The third kappa shape index (κ3) is 4.90. The van der Waals surface area contributed by atoms with Crippen LogP contribution in [0.4, 0.5) is 17.6 Å². The molecule has 2 heterocycles. The molecule has 138 valence electrons. The third-order valence-electron chi connectivity index (χ3n) is 3.85. The van der Waals surface area contributed by atoms with E-state index in [2.05, 4.69) is 0 Å². The molecule has 0 fully saturated rings. The van der Waals surface area contributed by atoms with Gasteiger partial charge >= 0.3 is 21.7 Å². The van der Waals surface area contributed by atoms with Crippen molar-refractivity contribution < 1.29 is 39.3 Å². The van der Waals surface area contributed by atoms with Gasteiger partial charge in [0.05, 0.1) is 0 Å². The van der Waals surface area contributed by atoms with Crippen molar-refractivity contribution in [1.29, 1.82) is 0 Å². The fourth-order valence-electron chi connectivity index (χ4n) is 2.58. The van der Waals surface area contributed by atoms with Gasteiger partial charge in [-0.1, -0.05) is 12.2 Å². The summed E-state index contributed by atoms with van der Waals surface area (Å²) in [6.45, 7) is 0. The Morgan fingerprint density at radius 1 is 0.667 bits per heavy atom. The Morgan fingerprint density at radius 2 is 1.00 bits per heavy atom. The van der Waals surface area contributed by atoms with Crippen molar-refractivity contribution >= 4 is 0 Å². The Hall–Kier alpha value is -2.31. The zero-order chi connectivity index (χ0) is 18.6. The second-order valence-corrected chi connectivity index (χ2v) is 5.75. The molecule has 2 aromatic heterocycles. The quantitative estimate of drug-likeness (QED) is 0.354. The van der Waals surface area contributed by atoms with Crippen molar-refractivity contribution in [3.63, 3.8) is 0 Å². The van der Waals surface area contributed by atoms with E-state index < -0.39 is 23.2 Å². The third-order valence-corrected chi connectivity index (χ3v) is 3.85. The summed E-state index contributed by atoms with van der Waals surface area (Å²) in [6, 6.07) is 6.77. The van der Waals surface area contributed by atoms with Crippen molar-refractivity contribution in [3.05, 3.63) is 110 Å². The Kier molecular flexibility index (Phi) is 6.68. The predicted octanol–water partition coefficient (Wildman–Crippen LogP) is 5.47. The molecule has 0 amide bonds. The van der Waals surface area contributed by atoms with Gasteiger partial charge in [0.15, 0.2) is 11.6 Å². The Bertz CT molecular complexity index is 780. The van der Waals surface area contributed by atoms with Gasteiger partial charge in [0.25, 0.3) is 0 Å². The molecule has 2 aromatic rings. The number of alkyl halides is 2. The van der Waals surface area contributed by atoms with E-state index in [9.17, 15) is 17.6 Å². The number of halogens is 4. The molecule has 0 bridgehead atoms. The number of aromatic nitrogens is 2. The average molecular weight is 408 g/mol. The molecule has 0 aromatic carbocycles. The first-order valence-electron chi connectivity index (χ1n) is 7.88. The van der Waals surface area contributed by atoms with Gasteiger partial charge in [-0.2, -0.15) is 12.2 Å². The van der Waals surface area contributed by atoms with Gasteiger partial charge in [-0.05, 0) is 35.9 Å². The molecule has 0 N–H and O–H groups in total. The second kappa shape index (κ2) is 8.59. The van der Waals surface area contributed by atoms with Gasteiger partial charge in [-0.25, -0.2) is 17.6 Å². The van der Waals surface area contributed by atoms with Gasteiger partial charge in [-0.15, -0.1) is 25.0 Å². The summed E-state index contributed by atoms with van der Waals surface area (Å²) in [5, 5.41) is 0. The van der Waals surface area contributed by atoms with E-state index in [1.165, 1.54) is 45.6 Å². The van der Waals surface area contributed by atoms with Crippen LogP contribution >= 0.6 is 0 Å². The van der Waals surface area contributed by atoms with Crippen molar-refractivity contribution in [2.24, 2.45) is 0 Å². The van der Waals surface area contributed by atoms with Crippen molar-refractivity contribution in [2.75, 3.05) is 0 Å². The van der Waals surface area contributed by atoms with Crippen LogP contribution in [0, 0.1) is 12.8 Å². The zero-order valence-corrected chi connectivity index (χ0v) is 15.7. The maximum atomic E-state index is 13.9. The maximum Gasteiger partial charge on any atom is 2.00 e. The Balaban J connectivity index is 0.000000187.